The molecule has 2 rings (SSSR count). The standard InChI is InChI=1S/C14H18BrFN2OS/c1-14(11-9-10(15)3-4-12(11)16)5-2-6-19-7-8-20-13(17)18-14/h3-4,9H,2,5-8H2,1H3,(H2,17,18). The second-order valence-corrected chi connectivity index (χ2v) is 6.94. The Kier molecular flexibility index (Phi) is 5.46. The number of amidine groups is 1. The van der Waals surface area contributed by atoms with Crippen LogP contribution >= 0.6 is 27.7 Å². The van der Waals surface area contributed by atoms with Gasteiger partial charge in [-0.05, 0) is 38.0 Å². The molecule has 0 saturated carbocycles. The molecule has 0 amide bonds. The number of nitrogens with zero attached hydrogens (tertiary/aromatic N) is 1. The first-order valence-electron chi connectivity index (χ1n) is 6.53. The number of thioether (sulfide) groups is 1. The highest BCUT2D eigenvalue weighted by Crippen LogP contribution is 2.35. The van der Waals surface area contributed by atoms with Crippen molar-refractivity contribution in [3.8, 4) is 0 Å². The van der Waals surface area contributed by atoms with E-state index in [-0.39, 0.29) is 5.82 Å². The Labute approximate surface area is 131 Å². The summed E-state index contributed by atoms with van der Waals surface area (Å²) in [6, 6.07) is 4.93. The fourth-order valence-corrected chi connectivity index (χ4v) is 3.30. The van der Waals surface area contributed by atoms with Crippen molar-refractivity contribution in [2.75, 3.05) is 19.0 Å². The Morgan fingerprint density at radius 1 is 1.45 bits per heavy atom. The molecule has 3 nitrogen and oxygen atoms in total. The topological polar surface area (TPSA) is 47.6 Å². The lowest BCUT2D eigenvalue weighted by Crippen LogP contribution is -2.26. The van der Waals surface area contributed by atoms with Crippen molar-refractivity contribution in [3.05, 3.63) is 34.1 Å². The van der Waals surface area contributed by atoms with Crippen LogP contribution in [0.1, 0.15) is 25.3 Å². The maximum absolute atomic E-state index is 14.2. The van der Waals surface area contributed by atoms with Gasteiger partial charge in [-0.2, -0.15) is 0 Å². The first-order valence-corrected chi connectivity index (χ1v) is 8.30. The quantitative estimate of drug-likeness (QED) is 0.831. The number of hydrogen-bond acceptors (Lipinski definition) is 4. The van der Waals surface area contributed by atoms with Gasteiger partial charge in [-0.15, -0.1) is 0 Å². The van der Waals surface area contributed by atoms with Crippen LogP contribution in [0.2, 0.25) is 0 Å². The zero-order chi connectivity index (χ0) is 14.6. The van der Waals surface area contributed by atoms with Crippen LogP contribution in [0.25, 0.3) is 0 Å². The molecule has 1 atom stereocenters. The van der Waals surface area contributed by atoms with E-state index in [1.54, 1.807) is 12.1 Å². The van der Waals surface area contributed by atoms with E-state index in [0.29, 0.717) is 30.4 Å². The van der Waals surface area contributed by atoms with Gasteiger partial charge in [0, 0.05) is 22.4 Å². The Bertz CT molecular complexity index is 512. The van der Waals surface area contributed by atoms with E-state index in [2.05, 4.69) is 20.9 Å². The summed E-state index contributed by atoms with van der Waals surface area (Å²) in [7, 11) is 0. The zero-order valence-corrected chi connectivity index (χ0v) is 13.8. The number of halogens is 2. The molecule has 0 aliphatic carbocycles. The lowest BCUT2D eigenvalue weighted by Gasteiger charge is -2.28. The molecule has 0 radical (unpaired) electrons. The number of aliphatic imine (C=N–C) groups is 1. The average molecular weight is 361 g/mol. The smallest absolute Gasteiger partial charge is 0.154 e. The van der Waals surface area contributed by atoms with Gasteiger partial charge < -0.3 is 10.5 Å². The SMILES string of the molecule is CC1(c2cc(Br)ccc2F)CCCOCCSC(N)=N1. The summed E-state index contributed by atoms with van der Waals surface area (Å²) in [5.74, 6) is 0.516. The summed E-state index contributed by atoms with van der Waals surface area (Å²) in [5, 5.41) is 0.484. The van der Waals surface area contributed by atoms with Gasteiger partial charge in [0.2, 0.25) is 0 Å². The molecule has 2 N–H and O–H groups in total. The molecule has 1 heterocycles. The molecule has 0 fully saturated rings. The number of ether oxygens (including phenoxy) is 1. The Hall–Kier alpha value is -0.590. The first kappa shape index (κ1) is 15.8. The number of nitrogens with two attached hydrogens (primary N) is 1. The van der Waals surface area contributed by atoms with Gasteiger partial charge >= 0.3 is 0 Å². The van der Waals surface area contributed by atoms with Gasteiger partial charge in [0.1, 0.15) is 5.82 Å². The highest BCUT2D eigenvalue weighted by Gasteiger charge is 2.29. The molecular weight excluding hydrogens is 343 g/mol. The van der Waals surface area contributed by atoms with Crippen LogP contribution in [0.3, 0.4) is 0 Å². The third-order valence-corrected chi connectivity index (χ3v) is 4.55. The van der Waals surface area contributed by atoms with Crippen LogP contribution in [-0.4, -0.2) is 24.1 Å². The lowest BCUT2D eigenvalue weighted by atomic mass is 9.87. The van der Waals surface area contributed by atoms with Gasteiger partial charge in [0.15, 0.2) is 5.17 Å². The monoisotopic (exact) mass is 360 g/mol. The minimum atomic E-state index is -0.661. The third kappa shape index (κ3) is 3.96. The van der Waals surface area contributed by atoms with E-state index in [9.17, 15) is 4.39 Å². The summed E-state index contributed by atoms with van der Waals surface area (Å²) in [4.78, 5) is 4.58. The van der Waals surface area contributed by atoms with E-state index in [1.807, 2.05) is 6.92 Å². The molecule has 1 aliphatic rings. The van der Waals surface area contributed by atoms with Crippen molar-refractivity contribution in [1.29, 1.82) is 0 Å². The predicted molar refractivity (Wildman–Crippen MR) is 85.6 cm³/mol. The van der Waals surface area contributed by atoms with E-state index < -0.39 is 5.54 Å². The summed E-state index contributed by atoms with van der Waals surface area (Å²) >= 11 is 4.84. The van der Waals surface area contributed by atoms with Crippen molar-refractivity contribution in [2.24, 2.45) is 10.7 Å². The van der Waals surface area contributed by atoms with E-state index in [0.717, 1.165) is 16.6 Å². The second kappa shape index (κ2) is 6.91. The summed E-state index contributed by atoms with van der Waals surface area (Å²) < 4.78 is 20.5. The highest BCUT2D eigenvalue weighted by atomic mass is 79.9. The minimum Gasteiger partial charge on any atom is -0.381 e. The van der Waals surface area contributed by atoms with Crippen LogP contribution in [0, 0.1) is 5.82 Å². The molecule has 1 aliphatic heterocycles. The van der Waals surface area contributed by atoms with Crippen molar-refractivity contribution in [1.82, 2.24) is 0 Å². The average Bonchev–Trinajstić information content (AvgIpc) is 2.40. The van der Waals surface area contributed by atoms with E-state index in [1.165, 1.54) is 17.8 Å². The molecule has 0 spiro atoms. The number of benzene rings is 1. The normalized spacial score (nSPS) is 25.1. The van der Waals surface area contributed by atoms with Crippen molar-refractivity contribution in [2.45, 2.75) is 25.3 Å². The zero-order valence-electron chi connectivity index (χ0n) is 11.4. The first-order chi connectivity index (χ1) is 9.51. The van der Waals surface area contributed by atoms with Gasteiger partial charge in [-0.3, -0.25) is 4.99 Å². The molecule has 1 aromatic carbocycles. The van der Waals surface area contributed by atoms with Crippen LogP contribution in [0.15, 0.2) is 27.7 Å². The van der Waals surface area contributed by atoms with Crippen LogP contribution in [-0.2, 0) is 10.3 Å². The molecule has 0 saturated heterocycles. The number of rotatable bonds is 1. The van der Waals surface area contributed by atoms with Crippen LogP contribution < -0.4 is 5.73 Å². The largest absolute Gasteiger partial charge is 0.381 e. The molecule has 6 heteroatoms. The van der Waals surface area contributed by atoms with Gasteiger partial charge in [0.05, 0.1) is 12.1 Å². The van der Waals surface area contributed by atoms with E-state index in [4.69, 9.17) is 10.5 Å². The maximum Gasteiger partial charge on any atom is 0.154 e. The van der Waals surface area contributed by atoms with Crippen molar-refractivity contribution >= 4 is 32.9 Å². The Morgan fingerprint density at radius 2 is 2.25 bits per heavy atom. The minimum absolute atomic E-state index is 0.254. The fourth-order valence-electron chi connectivity index (χ4n) is 2.26. The molecule has 20 heavy (non-hydrogen) atoms. The van der Waals surface area contributed by atoms with Gasteiger partial charge in [-0.1, -0.05) is 27.7 Å². The predicted octanol–water partition coefficient (Wildman–Crippen LogP) is 3.66. The summed E-state index contributed by atoms with van der Waals surface area (Å²) in [6.45, 7) is 3.26. The maximum atomic E-state index is 14.2. The molecule has 0 bridgehead atoms. The van der Waals surface area contributed by atoms with Crippen molar-refractivity contribution in [3.63, 3.8) is 0 Å². The summed E-state index contributed by atoms with van der Waals surface area (Å²) in [5.41, 5.74) is 5.85. The van der Waals surface area contributed by atoms with Crippen molar-refractivity contribution < 1.29 is 9.13 Å². The highest BCUT2D eigenvalue weighted by molar-refractivity contribution is 9.10. The van der Waals surface area contributed by atoms with Gasteiger partial charge in [0.25, 0.3) is 0 Å². The third-order valence-electron chi connectivity index (χ3n) is 3.30. The van der Waals surface area contributed by atoms with E-state index >= 15 is 0 Å². The Balaban J connectivity index is 2.40. The fraction of sp³-hybridized carbons (Fsp3) is 0.500. The van der Waals surface area contributed by atoms with Crippen LogP contribution in [0.5, 0.6) is 0 Å². The number of hydrogen-bond donors (Lipinski definition) is 1. The lowest BCUT2D eigenvalue weighted by molar-refractivity contribution is 0.140. The second-order valence-electron chi connectivity index (χ2n) is 4.91. The Morgan fingerprint density at radius 3 is 3.05 bits per heavy atom. The van der Waals surface area contributed by atoms with Crippen LogP contribution in [0.4, 0.5) is 4.39 Å². The molecule has 1 unspecified atom stereocenters. The molecule has 1 aromatic rings. The summed E-state index contributed by atoms with van der Waals surface area (Å²) in [6.07, 6.45) is 1.52. The molecule has 0 aromatic heterocycles. The van der Waals surface area contributed by atoms with Gasteiger partial charge in [-0.25, -0.2) is 4.39 Å². The molecule has 110 valence electrons. The molecular formula is C14H18BrFN2OS.